The lowest BCUT2D eigenvalue weighted by Gasteiger charge is -1.98. The molecule has 0 spiro atoms. The molecule has 0 amide bonds. The fourth-order valence-electron chi connectivity index (χ4n) is 0.622. The number of nitrogens with zero attached hydrogens (tertiary/aromatic N) is 2. The van der Waals surface area contributed by atoms with Crippen LogP contribution in [0.2, 0.25) is 0 Å². The summed E-state index contributed by atoms with van der Waals surface area (Å²) in [7, 11) is 0. The van der Waals surface area contributed by atoms with Gasteiger partial charge in [-0.25, -0.2) is 0 Å². The van der Waals surface area contributed by atoms with Gasteiger partial charge in [0.1, 0.15) is 5.69 Å². The molecule has 1 aromatic heterocycles. The Balaban J connectivity index is 3.43. The van der Waals surface area contributed by atoms with Crippen LogP contribution in [0.25, 0.3) is 0 Å². The predicted molar refractivity (Wildman–Crippen MR) is 35.2 cm³/mol. The van der Waals surface area contributed by atoms with Crippen LogP contribution < -0.4 is 5.43 Å². The van der Waals surface area contributed by atoms with Gasteiger partial charge in [-0.15, -0.1) is 9.94 Å². The van der Waals surface area contributed by atoms with Crippen molar-refractivity contribution >= 4 is 0 Å². The molecule has 0 bridgehead atoms. The minimum Gasteiger partial charge on any atom is -0.411 e. The molecule has 0 fully saturated rings. The first-order valence-electron chi connectivity index (χ1n) is 2.88. The van der Waals surface area contributed by atoms with Crippen LogP contribution in [0.1, 0.15) is 11.4 Å². The number of aryl methyl sites for hydroxylation is 2. The normalized spacial score (nSPS) is 9.80. The Bertz CT molecular complexity index is 303. The molecule has 0 aliphatic carbocycles. The highest BCUT2D eigenvalue weighted by molar-refractivity contribution is 5.04. The summed E-state index contributed by atoms with van der Waals surface area (Å²) in [6.07, 6.45) is 0. The largest absolute Gasteiger partial charge is 0.411 e. The van der Waals surface area contributed by atoms with Gasteiger partial charge in [-0.05, 0) is 13.8 Å². The Labute approximate surface area is 57.7 Å². The van der Waals surface area contributed by atoms with Gasteiger partial charge in [0.15, 0.2) is 0 Å². The molecule has 4 nitrogen and oxygen atoms in total. The third kappa shape index (κ3) is 1.00. The molecule has 0 radical (unpaired) electrons. The molecule has 0 unspecified atom stereocenters. The summed E-state index contributed by atoms with van der Waals surface area (Å²) in [4.78, 5) is 11.5. The van der Waals surface area contributed by atoms with Crippen LogP contribution in [0, 0.1) is 13.8 Å². The van der Waals surface area contributed by atoms with E-state index >= 15 is 0 Å². The van der Waals surface area contributed by atoms with Crippen molar-refractivity contribution < 1.29 is 5.21 Å². The fourth-order valence-corrected chi connectivity index (χ4v) is 0.622. The molecular formula is C6H8N2O2. The third-order valence-corrected chi connectivity index (χ3v) is 1.26. The van der Waals surface area contributed by atoms with Crippen LogP contribution in [-0.2, 0) is 0 Å². The maximum absolute atomic E-state index is 10.8. The number of hydrogen-bond donors (Lipinski definition) is 1. The van der Waals surface area contributed by atoms with Crippen LogP contribution in [0.3, 0.4) is 0 Å². The summed E-state index contributed by atoms with van der Waals surface area (Å²) >= 11 is 0. The quantitative estimate of drug-likeness (QED) is 0.520. The molecular weight excluding hydrogens is 132 g/mol. The van der Waals surface area contributed by atoms with E-state index in [-0.39, 0.29) is 5.43 Å². The minimum absolute atomic E-state index is 0.150. The molecule has 0 aliphatic heterocycles. The highest BCUT2D eigenvalue weighted by Crippen LogP contribution is 1.87. The van der Waals surface area contributed by atoms with Crippen LogP contribution >= 0.6 is 0 Å². The van der Waals surface area contributed by atoms with Crippen molar-refractivity contribution in [3.05, 3.63) is 27.7 Å². The van der Waals surface area contributed by atoms with Crippen LogP contribution in [0.15, 0.2) is 10.9 Å². The predicted octanol–water partition coefficient (Wildman–Crippen LogP) is 0.0974. The van der Waals surface area contributed by atoms with E-state index in [4.69, 9.17) is 5.21 Å². The summed E-state index contributed by atoms with van der Waals surface area (Å²) in [5.74, 6) is 0. The van der Waals surface area contributed by atoms with E-state index in [1.807, 2.05) is 0 Å². The van der Waals surface area contributed by atoms with Gasteiger partial charge in [-0.3, -0.25) is 4.79 Å². The first-order chi connectivity index (χ1) is 4.61. The van der Waals surface area contributed by atoms with Gasteiger partial charge >= 0.3 is 0 Å². The first-order valence-corrected chi connectivity index (χ1v) is 2.88. The second-order valence-electron chi connectivity index (χ2n) is 2.12. The second-order valence-corrected chi connectivity index (χ2v) is 2.12. The summed E-state index contributed by atoms with van der Waals surface area (Å²) in [6, 6.07) is 1.34. The number of hydrogen-bond acceptors (Lipinski definition) is 3. The Hall–Kier alpha value is -1.32. The SMILES string of the molecule is Cc1nn(O)c(C)cc1=O. The Kier molecular flexibility index (Phi) is 1.45. The van der Waals surface area contributed by atoms with Gasteiger partial charge in [0.05, 0.1) is 5.69 Å². The molecule has 10 heavy (non-hydrogen) atoms. The molecule has 1 aromatic rings. The van der Waals surface area contributed by atoms with E-state index in [1.165, 1.54) is 6.07 Å². The van der Waals surface area contributed by atoms with Crippen LogP contribution in [-0.4, -0.2) is 15.2 Å². The molecule has 0 atom stereocenters. The van der Waals surface area contributed by atoms with E-state index in [1.54, 1.807) is 13.8 Å². The highest BCUT2D eigenvalue weighted by atomic mass is 16.5. The molecule has 1 heterocycles. The average molecular weight is 140 g/mol. The van der Waals surface area contributed by atoms with Crippen molar-refractivity contribution in [1.29, 1.82) is 0 Å². The average Bonchev–Trinajstić information content (AvgIpc) is 1.84. The lowest BCUT2D eigenvalue weighted by atomic mass is 10.3. The van der Waals surface area contributed by atoms with Crippen molar-refractivity contribution in [3.8, 4) is 0 Å². The summed E-state index contributed by atoms with van der Waals surface area (Å²) in [6.45, 7) is 3.16. The minimum atomic E-state index is -0.150. The maximum Gasteiger partial charge on any atom is 0.203 e. The standard InChI is InChI=1S/C6H8N2O2/c1-4-3-6(9)5(2)7-8(4)10/h3,10H,1-2H3. The van der Waals surface area contributed by atoms with Crippen molar-refractivity contribution in [3.63, 3.8) is 0 Å². The Morgan fingerprint density at radius 2 is 2.20 bits per heavy atom. The smallest absolute Gasteiger partial charge is 0.203 e. The molecule has 4 heteroatoms. The summed E-state index contributed by atoms with van der Waals surface area (Å²) in [5, 5.41) is 12.4. The highest BCUT2D eigenvalue weighted by Gasteiger charge is 1.97. The van der Waals surface area contributed by atoms with Crippen LogP contribution in [0.5, 0.6) is 0 Å². The van der Waals surface area contributed by atoms with E-state index in [0.29, 0.717) is 16.2 Å². The van der Waals surface area contributed by atoms with E-state index in [0.717, 1.165) is 0 Å². The second kappa shape index (κ2) is 2.13. The van der Waals surface area contributed by atoms with Gasteiger partial charge in [0.25, 0.3) is 0 Å². The zero-order valence-corrected chi connectivity index (χ0v) is 5.83. The topological polar surface area (TPSA) is 55.1 Å². The van der Waals surface area contributed by atoms with E-state index < -0.39 is 0 Å². The van der Waals surface area contributed by atoms with Gasteiger partial charge < -0.3 is 5.21 Å². The molecule has 0 aliphatic rings. The lowest BCUT2D eigenvalue weighted by molar-refractivity contribution is 0.135. The van der Waals surface area contributed by atoms with E-state index in [9.17, 15) is 4.79 Å². The zero-order chi connectivity index (χ0) is 7.72. The Morgan fingerprint density at radius 3 is 2.70 bits per heavy atom. The monoisotopic (exact) mass is 140 g/mol. The van der Waals surface area contributed by atoms with Gasteiger partial charge in [0, 0.05) is 6.07 Å². The van der Waals surface area contributed by atoms with Crippen molar-refractivity contribution in [2.45, 2.75) is 13.8 Å². The van der Waals surface area contributed by atoms with E-state index in [2.05, 4.69) is 5.10 Å². The molecule has 1 rings (SSSR count). The van der Waals surface area contributed by atoms with Crippen molar-refractivity contribution in [2.24, 2.45) is 0 Å². The maximum atomic E-state index is 10.8. The van der Waals surface area contributed by atoms with Gasteiger partial charge in [-0.2, -0.15) is 0 Å². The zero-order valence-electron chi connectivity index (χ0n) is 5.83. The third-order valence-electron chi connectivity index (χ3n) is 1.26. The first kappa shape index (κ1) is 6.80. The summed E-state index contributed by atoms with van der Waals surface area (Å²) in [5.41, 5.74) is 0.589. The molecule has 0 saturated carbocycles. The summed E-state index contributed by atoms with van der Waals surface area (Å²) < 4.78 is 0. The van der Waals surface area contributed by atoms with Gasteiger partial charge in [-0.1, -0.05) is 0 Å². The van der Waals surface area contributed by atoms with Crippen molar-refractivity contribution in [2.75, 3.05) is 0 Å². The molecule has 0 saturated heterocycles. The molecule has 0 aromatic carbocycles. The van der Waals surface area contributed by atoms with Crippen molar-refractivity contribution in [1.82, 2.24) is 9.94 Å². The lowest BCUT2D eigenvalue weighted by Crippen LogP contribution is -2.15. The number of aromatic nitrogens is 2. The van der Waals surface area contributed by atoms with Crippen LogP contribution in [0.4, 0.5) is 0 Å². The van der Waals surface area contributed by atoms with Gasteiger partial charge in [0.2, 0.25) is 5.43 Å². The molecule has 1 N–H and O–H groups in total. The fraction of sp³-hybridized carbons (Fsp3) is 0.333. The molecule has 54 valence electrons. The number of rotatable bonds is 0. The Morgan fingerprint density at radius 1 is 1.60 bits per heavy atom.